The second-order valence-electron chi connectivity index (χ2n) is 4.10. The molecule has 0 aliphatic carbocycles. The van der Waals surface area contributed by atoms with Crippen LogP contribution in [0.3, 0.4) is 0 Å². The van der Waals surface area contributed by atoms with E-state index in [1.165, 1.54) is 0 Å². The summed E-state index contributed by atoms with van der Waals surface area (Å²) >= 11 is 0. The number of aliphatic carboxylic acids is 1. The van der Waals surface area contributed by atoms with Crippen molar-refractivity contribution < 1.29 is 14.7 Å². The van der Waals surface area contributed by atoms with Crippen LogP contribution in [0.1, 0.15) is 41.7 Å². The van der Waals surface area contributed by atoms with Gasteiger partial charge in [-0.2, -0.15) is 0 Å². The van der Waals surface area contributed by atoms with Gasteiger partial charge >= 0.3 is 5.97 Å². The highest BCUT2D eigenvalue weighted by Crippen LogP contribution is 2.03. The van der Waals surface area contributed by atoms with E-state index in [0.29, 0.717) is 24.2 Å². The van der Waals surface area contributed by atoms with Crippen LogP contribution < -0.4 is 5.32 Å². The first-order chi connectivity index (χ1) is 8.61. The molecule has 1 rings (SSSR count). The molecule has 0 saturated carbocycles. The average molecular weight is 250 g/mol. The van der Waals surface area contributed by atoms with Crippen LogP contribution in [-0.2, 0) is 4.79 Å². The van der Waals surface area contributed by atoms with E-state index in [-0.39, 0.29) is 12.3 Å². The van der Waals surface area contributed by atoms with Crippen molar-refractivity contribution in [2.24, 2.45) is 0 Å². The molecule has 0 aliphatic rings. The van der Waals surface area contributed by atoms with Crippen LogP contribution in [0.5, 0.6) is 0 Å². The number of aryl methyl sites for hydroxylation is 1. The molecule has 0 spiro atoms. The van der Waals surface area contributed by atoms with Crippen molar-refractivity contribution in [1.82, 2.24) is 10.3 Å². The summed E-state index contributed by atoms with van der Waals surface area (Å²) in [7, 11) is 0. The largest absolute Gasteiger partial charge is 0.481 e. The molecule has 0 unspecified atom stereocenters. The van der Waals surface area contributed by atoms with Crippen molar-refractivity contribution in [1.29, 1.82) is 0 Å². The van der Waals surface area contributed by atoms with Gasteiger partial charge in [-0.3, -0.25) is 14.6 Å². The van der Waals surface area contributed by atoms with E-state index in [1.54, 1.807) is 25.3 Å². The molecule has 0 fully saturated rings. The zero-order valence-electron chi connectivity index (χ0n) is 10.5. The van der Waals surface area contributed by atoms with E-state index < -0.39 is 5.97 Å². The SMILES string of the molecule is Cc1ncccc1C(=O)NCCCCCC(=O)O. The van der Waals surface area contributed by atoms with Gasteiger partial charge in [0.25, 0.3) is 5.91 Å². The number of pyridine rings is 1. The maximum absolute atomic E-state index is 11.8. The van der Waals surface area contributed by atoms with E-state index in [2.05, 4.69) is 10.3 Å². The molecule has 0 bridgehead atoms. The van der Waals surface area contributed by atoms with Crippen LogP contribution in [0.2, 0.25) is 0 Å². The Kier molecular flexibility index (Phi) is 5.84. The lowest BCUT2D eigenvalue weighted by atomic mass is 10.1. The van der Waals surface area contributed by atoms with Gasteiger partial charge in [-0.15, -0.1) is 0 Å². The molecule has 18 heavy (non-hydrogen) atoms. The molecule has 0 aliphatic heterocycles. The fourth-order valence-electron chi connectivity index (χ4n) is 1.60. The van der Waals surface area contributed by atoms with E-state index in [9.17, 15) is 9.59 Å². The summed E-state index contributed by atoms with van der Waals surface area (Å²) in [4.78, 5) is 26.1. The van der Waals surface area contributed by atoms with Gasteiger partial charge in [0, 0.05) is 24.9 Å². The second kappa shape index (κ2) is 7.42. The Hall–Kier alpha value is -1.91. The summed E-state index contributed by atoms with van der Waals surface area (Å²) < 4.78 is 0. The van der Waals surface area contributed by atoms with Crippen LogP contribution >= 0.6 is 0 Å². The lowest BCUT2D eigenvalue weighted by molar-refractivity contribution is -0.137. The summed E-state index contributed by atoms with van der Waals surface area (Å²) in [6, 6.07) is 3.47. The minimum atomic E-state index is -0.773. The summed E-state index contributed by atoms with van der Waals surface area (Å²) in [5, 5.41) is 11.3. The molecule has 0 radical (unpaired) electrons. The fraction of sp³-hybridized carbons (Fsp3) is 0.462. The van der Waals surface area contributed by atoms with Crippen molar-refractivity contribution >= 4 is 11.9 Å². The summed E-state index contributed by atoms with van der Waals surface area (Å²) in [5.74, 6) is -0.899. The number of aromatic nitrogens is 1. The minimum absolute atomic E-state index is 0.126. The van der Waals surface area contributed by atoms with E-state index in [4.69, 9.17) is 5.11 Å². The maximum atomic E-state index is 11.8. The number of hydrogen-bond acceptors (Lipinski definition) is 3. The number of nitrogens with zero attached hydrogens (tertiary/aromatic N) is 1. The van der Waals surface area contributed by atoms with Crippen LogP contribution in [0, 0.1) is 6.92 Å². The number of unbranched alkanes of at least 4 members (excludes halogenated alkanes) is 2. The molecule has 1 amide bonds. The van der Waals surface area contributed by atoms with Gasteiger partial charge < -0.3 is 10.4 Å². The van der Waals surface area contributed by atoms with Crippen LogP contribution in [0.15, 0.2) is 18.3 Å². The number of amides is 1. The third-order valence-electron chi connectivity index (χ3n) is 2.60. The first-order valence-electron chi connectivity index (χ1n) is 6.03. The van der Waals surface area contributed by atoms with E-state index in [1.807, 2.05) is 0 Å². The molecular weight excluding hydrogens is 232 g/mol. The standard InChI is InChI=1S/C13H18N2O3/c1-10-11(6-5-9-14-10)13(18)15-8-4-2-3-7-12(16)17/h5-6,9H,2-4,7-8H2,1H3,(H,15,18)(H,16,17). The van der Waals surface area contributed by atoms with Gasteiger partial charge in [0.2, 0.25) is 0 Å². The summed E-state index contributed by atoms with van der Waals surface area (Å²) in [5.41, 5.74) is 1.30. The normalized spacial score (nSPS) is 10.1. The molecule has 0 saturated heterocycles. The first-order valence-corrected chi connectivity index (χ1v) is 6.03. The van der Waals surface area contributed by atoms with Gasteiger partial charge in [-0.1, -0.05) is 6.42 Å². The third-order valence-corrected chi connectivity index (χ3v) is 2.60. The molecule has 0 atom stereocenters. The lowest BCUT2D eigenvalue weighted by Gasteiger charge is -2.06. The number of carbonyl (C=O) groups is 2. The Bertz CT molecular complexity index is 418. The predicted molar refractivity (Wildman–Crippen MR) is 67.4 cm³/mol. The number of nitrogens with one attached hydrogen (secondary N) is 1. The zero-order chi connectivity index (χ0) is 13.4. The Morgan fingerprint density at radius 3 is 2.78 bits per heavy atom. The number of carboxylic acid groups (broad SMARTS) is 1. The topological polar surface area (TPSA) is 79.3 Å². The number of carboxylic acids is 1. The first kappa shape index (κ1) is 14.2. The predicted octanol–water partition coefficient (Wildman–Crippen LogP) is 1.76. The van der Waals surface area contributed by atoms with Gasteiger partial charge in [-0.05, 0) is 31.9 Å². The smallest absolute Gasteiger partial charge is 0.303 e. The summed E-state index contributed by atoms with van der Waals surface area (Å²) in [6.45, 7) is 2.36. The Labute approximate surface area is 106 Å². The quantitative estimate of drug-likeness (QED) is 0.723. The minimum Gasteiger partial charge on any atom is -0.481 e. The van der Waals surface area contributed by atoms with Gasteiger partial charge in [0.1, 0.15) is 0 Å². The average Bonchev–Trinajstić information content (AvgIpc) is 2.33. The molecule has 0 aromatic carbocycles. The highest BCUT2D eigenvalue weighted by atomic mass is 16.4. The molecular formula is C13H18N2O3. The summed E-state index contributed by atoms with van der Waals surface area (Å²) in [6.07, 6.45) is 4.09. The molecule has 98 valence electrons. The van der Waals surface area contributed by atoms with Crippen LogP contribution in [0.25, 0.3) is 0 Å². The zero-order valence-corrected chi connectivity index (χ0v) is 10.5. The van der Waals surface area contributed by atoms with Gasteiger partial charge in [0.15, 0.2) is 0 Å². The Balaban J connectivity index is 2.22. The van der Waals surface area contributed by atoms with Crippen LogP contribution in [0.4, 0.5) is 0 Å². The third kappa shape index (κ3) is 4.95. The van der Waals surface area contributed by atoms with Crippen molar-refractivity contribution in [2.75, 3.05) is 6.54 Å². The van der Waals surface area contributed by atoms with E-state index in [0.717, 1.165) is 12.8 Å². The molecule has 5 heteroatoms. The number of carbonyl (C=O) groups excluding carboxylic acids is 1. The number of rotatable bonds is 7. The van der Waals surface area contributed by atoms with E-state index >= 15 is 0 Å². The van der Waals surface area contributed by atoms with Crippen molar-refractivity contribution in [3.05, 3.63) is 29.6 Å². The fourth-order valence-corrected chi connectivity index (χ4v) is 1.60. The Morgan fingerprint density at radius 1 is 1.33 bits per heavy atom. The molecule has 1 heterocycles. The molecule has 2 N–H and O–H groups in total. The lowest BCUT2D eigenvalue weighted by Crippen LogP contribution is -2.25. The highest BCUT2D eigenvalue weighted by molar-refractivity contribution is 5.95. The molecule has 5 nitrogen and oxygen atoms in total. The molecule has 1 aromatic rings. The number of hydrogen-bond donors (Lipinski definition) is 2. The van der Waals surface area contributed by atoms with Gasteiger partial charge in [-0.25, -0.2) is 0 Å². The van der Waals surface area contributed by atoms with Crippen molar-refractivity contribution in [3.63, 3.8) is 0 Å². The monoisotopic (exact) mass is 250 g/mol. The van der Waals surface area contributed by atoms with Crippen molar-refractivity contribution in [2.45, 2.75) is 32.6 Å². The highest BCUT2D eigenvalue weighted by Gasteiger charge is 2.07. The molecule has 1 aromatic heterocycles. The Morgan fingerprint density at radius 2 is 2.11 bits per heavy atom. The van der Waals surface area contributed by atoms with Gasteiger partial charge in [0.05, 0.1) is 5.56 Å². The van der Waals surface area contributed by atoms with Crippen LogP contribution in [-0.4, -0.2) is 28.5 Å². The maximum Gasteiger partial charge on any atom is 0.303 e. The second-order valence-corrected chi connectivity index (χ2v) is 4.10. The van der Waals surface area contributed by atoms with Crippen molar-refractivity contribution in [3.8, 4) is 0 Å².